The van der Waals surface area contributed by atoms with E-state index in [1.807, 2.05) is 6.08 Å². The summed E-state index contributed by atoms with van der Waals surface area (Å²) in [4.78, 5) is 0. The highest BCUT2D eigenvalue weighted by Crippen LogP contribution is 2.43. The summed E-state index contributed by atoms with van der Waals surface area (Å²) in [5, 5.41) is 5.28. The quantitative estimate of drug-likeness (QED) is 0.132. The molecule has 2 aliphatic rings. The smallest absolute Gasteiger partial charge is 0.0492 e. The molecular weight excluding hydrogens is 520 g/mol. The number of benzene rings is 3. The first-order valence-corrected chi connectivity index (χ1v) is 15.8. The van der Waals surface area contributed by atoms with Gasteiger partial charge in [0, 0.05) is 63.1 Å². The molecule has 0 amide bonds. The molecule has 0 fully saturated rings. The van der Waals surface area contributed by atoms with Crippen molar-refractivity contribution in [2.75, 3.05) is 0 Å². The standard InChI is InChI=1S/C41H40N2/c1-4-6-9-16-29(3)40-35(30-17-10-7-11-18-30)25-32-27-42(28-37(32)41(40)31-19-12-8-13-20-31)33-23-24-39-36(26-33)34-21-14-15-22-38(34)43(39)5-2/h4,7-8,10-12,14-17,19,21-28,30H,1,5-6,9,13,18,20H2,2-3H3/b29-16+. The number of para-hydroxylation sites is 1. The van der Waals surface area contributed by atoms with Crippen LogP contribution in [0.15, 0.2) is 122 Å². The third kappa shape index (κ3) is 4.85. The Labute approximate surface area is 255 Å². The van der Waals surface area contributed by atoms with Crippen molar-refractivity contribution < 1.29 is 0 Å². The average Bonchev–Trinajstić information content (AvgIpc) is 3.63. The van der Waals surface area contributed by atoms with Crippen LogP contribution in [0.1, 0.15) is 68.6 Å². The van der Waals surface area contributed by atoms with E-state index in [1.54, 1.807) is 0 Å². The molecule has 43 heavy (non-hydrogen) atoms. The van der Waals surface area contributed by atoms with E-state index < -0.39 is 0 Å². The molecule has 2 nitrogen and oxygen atoms in total. The van der Waals surface area contributed by atoms with Crippen LogP contribution in [-0.2, 0) is 6.54 Å². The van der Waals surface area contributed by atoms with Crippen LogP contribution in [0.2, 0.25) is 0 Å². The predicted octanol–water partition coefficient (Wildman–Crippen LogP) is 11.5. The lowest BCUT2D eigenvalue weighted by atomic mass is 9.79. The number of fused-ring (bicyclic) bond motifs is 4. The van der Waals surface area contributed by atoms with Gasteiger partial charge in [0.2, 0.25) is 0 Å². The van der Waals surface area contributed by atoms with Gasteiger partial charge in [-0.05, 0) is 104 Å². The van der Waals surface area contributed by atoms with Gasteiger partial charge in [-0.1, -0.05) is 72.9 Å². The van der Waals surface area contributed by atoms with Gasteiger partial charge in [-0.15, -0.1) is 6.58 Å². The molecule has 0 N–H and O–H groups in total. The summed E-state index contributed by atoms with van der Waals surface area (Å²) >= 11 is 0. The topological polar surface area (TPSA) is 9.86 Å². The van der Waals surface area contributed by atoms with Crippen molar-refractivity contribution in [3.8, 4) is 5.69 Å². The molecule has 1 atom stereocenters. The van der Waals surface area contributed by atoms with Crippen molar-refractivity contribution in [2.24, 2.45) is 0 Å². The third-order valence-electron chi connectivity index (χ3n) is 9.28. The number of aromatic nitrogens is 2. The van der Waals surface area contributed by atoms with E-state index >= 15 is 0 Å². The minimum atomic E-state index is 0.366. The molecular formula is C41H40N2. The normalized spacial score (nSPS) is 16.9. The van der Waals surface area contributed by atoms with Gasteiger partial charge in [-0.25, -0.2) is 0 Å². The molecule has 0 bridgehead atoms. The molecule has 214 valence electrons. The number of allylic oxidation sites excluding steroid dienone is 11. The van der Waals surface area contributed by atoms with E-state index in [2.05, 4.69) is 139 Å². The molecule has 2 heterocycles. The Hall–Kier alpha value is -4.56. The minimum Gasteiger partial charge on any atom is -0.341 e. The fourth-order valence-electron chi connectivity index (χ4n) is 7.20. The molecule has 3 aromatic carbocycles. The molecule has 0 radical (unpaired) electrons. The molecule has 0 spiro atoms. The number of rotatable bonds is 8. The van der Waals surface area contributed by atoms with Crippen molar-refractivity contribution in [1.29, 1.82) is 0 Å². The maximum atomic E-state index is 3.96. The Morgan fingerprint density at radius 1 is 0.930 bits per heavy atom. The van der Waals surface area contributed by atoms with Crippen LogP contribution in [0.3, 0.4) is 0 Å². The second-order valence-electron chi connectivity index (χ2n) is 11.9. The van der Waals surface area contributed by atoms with Crippen molar-refractivity contribution in [2.45, 2.75) is 58.4 Å². The van der Waals surface area contributed by atoms with Gasteiger partial charge in [-0.2, -0.15) is 0 Å². The van der Waals surface area contributed by atoms with Gasteiger partial charge in [0.25, 0.3) is 0 Å². The summed E-state index contributed by atoms with van der Waals surface area (Å²) in [5.41, 5.74) is 10.9. The Morgan fingerprint density at radius 2 is 1.81 bits per heavy atom. The van der Waals surface area contributed by atoms with E-state index in [0.29, 0.717) is 5.92 Å². The van der Waals surface area contributed by atoms with E-state index in [4.69, 9.17) is 0 Å². The molecule has 5 aromatic rings. The molecule has 0 aliphatic heterocycles. The SMILES string of the molecule is C=CCC/C=C(\C)c1c(C2C=CC=CC2)cc2cn(-c3ccc4c(c3)c3ccccc3n4CC)cc2c1C1=CC=CCC1. The maximum Gasteiger partial charge on any atom is 0.0492 e. The van der Waals surface area contributed by atoms with Crippen LogP contribution in [0.25, 0.3) is 49.4 Å². The highest BCUT2D eigenvalue weighted by atomic mass is 15.0. The first kappa shape index (κ1) is 27.3. The van der Waals surface area contributed by atoms with Gasteiger partial charge in [-0.3, -0.25) is 0 Å². The zero-order valence-electron chi connectivity index (χ0n) is 25.4. The first-order valence-electron chi connectivity index (χ1n) is 15.8. The third-order valence-corrected chi connectivity index (χ3v) is 9.28. The van der Waals surface area contributed by atoms with E-state index in [9.17, 15) is 0 Å². The van der Waals surface area contributed by atoms with E-state index in [0.717, 1.165) is 38.6 Å². The number of hydrogen-bond acceptors (Lipinski definition) is 0. The molecule has 7 rings (SSSR count). The summed E-state index contributed by atoms with van der Waals surface area (Å²) in [7, 11) is 0. The fourth-order valence-corrected chi connectivity index (χ4v) is 7.20. The summed E-state index contributed by atoms with van der Waals surface area (Å²) in [6, 6.07) is 18.2. The van der Waals surface area contributed by atoms with Gasteiger partial charge in [0.1, 0.15) is 0 Å². The first-order chi connectivity index (χ1) is 21.2. The summed E-state index contributed by atoms with van der Waals surface area (Å²) in [6.07, 6.45) is 30.3. The van der Waals surface area contributed by atoms with Gasteiger partial charge in [0.15, 0.2) is 0 Å². The number of aryl methyl sites for hydroxylation is 1. The van der Waals surface area contributed by atoms with E-state index in [-0.39, 0.29) is 0 Å². The maximum absolute atomic E-state index is 3.96. The van der Waals surface area contributed by atoms with Gasteiger partial charge in [0.05, 0.1) is 0 Å². The highest BCUT2D eigenvalue weighted by molar-refractivity contribution is 6.09. The van der Waals surface area contributed by atoms with Crippen LogP contribution in [0.5, 0.6) is 0 Å². The Morgan fingerprint density at radius 3 is 2.60 bits per heavy atom. The molecule has 1 unspecified atom stereocenters. The lowest BCUT2D eigenvalue weighted by molar-refractivity contribution is 0.827. The van der Waals surface area contributed by atoms with Crippen LogP contribution in [0.4, 0.5) is 0 Å². The highest BCUT2D eigenvalue weighted by Gasteiger charge is 2.23. The minimum absolute atomic E-state index is 0.366. The molecule has 2 aromatic heterocycles. The monoisotopic (exact) mass is 560 g/mol. The average molecular weight is 561 g/mol. The van der Waals surface area contributed by atoms with Crippen molar-refractivity contribution in [1.82, 2.24) is 9.13 Å². The van der Waals surface area contributed by atoms with Crippen LogP contribution < -0.4 is 0 Å². The summed E-state index contributed by atoms with van der Waals surface area (Å²) < 4.78 is 4.78. The van der Waals surface area contributed by atoms with Gasteiger partial charge < -0.3 is 9.13 Å². The molecule has 2 aliphatic carbocycles. The summed E-state index contributed by atoms with van der Waals surface area (Å²) in [6.45, 7) is 9.46. The van der Waals surface area contributed by atoms with Crippen LogP contribution >= 0.6 is 0 Å². The molecule has 2 heteroatoms. The van der Waals surface area contributed by atoms with Crippen molar-refractivity contribution >= 4 is 43.7 Å². The molecule has 0 saturated heterocycles. The lowest BCUT2D eigenvalue weighted by Crippen LogP contribution is -2.05. The molecule has 0 saturated carbocycles. The zero-order chi connectivity index (χ0) is 29.3. The van der Waals surface area contributed by atoms with Gasteiger partial charge >= 0.3 is 0 Å². The zero-order valence-corrected chi connectivity index (χ0v) is 25.4. The fraction of sp³-hybridized carbons (Fsp3) is 0.220. The van der Waals surface area contributed by atoms with E-state index in [1.165, 1.54) is 66.1 Å². The van der Waals surface area contributed by atoms with Crippen molar-refractivity contribution in [3.05, 3.63) is 139 Å². The predicted molar refractivity (Wildman–Crippen MR) is 187 cm³/mol. The second-order valence-corrected chi connectivity index (χ2v) is 11.9. The van der Waals surface area contributed by atoms with Crippen LogP contribution in [-0.4, -0.2) is 9.13 Å². The Balaban J connectivity index is 1.48. The number of hydrogen-bond donors (Lipinski definition) is 0. The second kappa shape index (κ2) is 11.6. The Bertz CT molecular complexity index is 2010. The number of nitrogens with zero attached hydrogens (tertiary/aromatic N) is 2. The largest absolute Gasteiger partial charge is 0.341 e. The lowest BCUT2D eigenvalue weighted by Gasteiger charge is -2.24. The summed E-state index contributed by atoms with van der Waals surface area (Å²) in [5.74, 6) is 0.366. The Kier molecular flexibility index (Phi) is 7.37. The van der Waals surface area contributed by atoms with Crippen molar-refractivity contribution in [3.63, 3.8) is 0 Å². The van der Waals surface area contributed by atoms with Crippen LogP contribution in [0, 0.1) is 0 Å². The number of unbranched alkanes of at least 4 members (excludes halogenated alkanes) is 1.